The molecule has 2 aromatic rings. The zero-order valence-corrected chi connectivity index (χ0v) is 13.1. The maximum atomic E-state index is 12.5. The lowest BCUT2D eigenvalue weighted by molar-refractivity contribution is 0.0784. The molecule has 0 radical (unpaired) electrons. The van der Waals surface area contributed by atoms with Gasteiger partial charge in [0.1, 0.15) is 12.4 Å². The fourth-order valence-corrected chi connectivity index (χ4v) is 2.04. The molecular formula is C16H21N3O3. The molecule has 1 aromatic carbocycles. The van der Waals surface area contributed by atoms with Gasteiger partial charge in [-0.1, -0.05) is 6.07 Å². The molecule has 1 amide bonds. The van der Waals surface area contributed by atoms with Crippen LogP contribution in [-0.4, -0.2) is 48.4 Å². The van der Waals surface area contributed by atoms with Gasteiger partial charge in [0.25, 0.3) is 5.91 Å². The Labute approximate surface area is 130 Å². The van der Waals surface area contributed by atoms with E-state index in [0.29, 0.717) is 31.1 Å². The van der Waals surface area contributed by atoms with Crippen molar-refractivity contribution in [1.82, 2.24) is 15.1 Å². The number of methoxy groups -OCH3 is 1. The summed E-state index contributed by atoms with van der Waals surface area (Å²) in [6.07, 6.45) is 1.74. The first-order valence-electron chi connectivity index (χ1n) is 7.08. The Bertz CT molecular complexity index is 625. The molecule has 6 nitrogen and oxygen atoms in total. The van der Waals surface area contributed by atoms with Gasteiger partial charge in [0, 0.05) is 37.5 Å². The molecule has 2 rings (SSSR count). The maximum absolute atomic E-state index is 12.5. The molecule has 0 saturated heterocycles. The van der Waals surface area contributed by atoms with Crippen LogP contribution in [0.15, 0.2) is 30.5 Å². The number of carbonyl (C=O) groups excluding carboxylic acids is 1. The Kier molecular flexibility index (Phi) is 5.55. The number of hydrogen-bond acceptors (Lipinski definition) is 4. The van der Waals surface area contributed by atoms with Crippen LogP contribution in [0, 0.1) is 6.92 Å². The molecule has 1 N–H and O–H groups in total. The molecule has 0 bridgehead atoms. The van der Waals surface area contributed by atoms with E-state index in [1.54, 1.807) is 37.4 Å². The second-order valence-corrected chi connectivity index (χ2v) is 5.05. The molecule has 0 saturated carbocycles. The highest BCUT2D eigenvalue weighted by Gasteiger charge is 2.14. The fourth-order valence-electron chi connectivity index (χ4n) is 2.04. The van der Waals surface area contributed by atoms with Crippen molar-refractivity contribution in [2.24, 2.45) is 0 Å². The molecule has 118 valence electrons. The smallest absolute Gasteiger partial charge is 0.254 e. The van der Waals surface area contributed by atoms with Crippen LogP contribution in [0.5, 0.6) is 5.75 Å². The standard InChI is InChI=1S/C16H21N3O3/c1-12-14(10-17-18-12)11-19(2)16(20)13-5-4-6-15(9-13)22-8-7-21-3/h4-6,9-10H,7-8,11H2,1-3H3,(H,17,18). The maximum Gasteiger partial charge on any atom is 0.254 e. The van der Waals surface area contributed by atoms with Crippen LogP contribution in [0.3, 0.4) is 0 Å². The number of benzene rings is 1. The van der Waals surface area contributed by atoms with Crippen LogP contribution < -0.4 is 4.74 Å². The van der Waals surface area contributed by atoms with Crippen molar-refractivity contribution in [3.63, 3.8) is 0 Å². The van der Waals surface area contributed by atoms with E-state index < -0.39 is 0 Å². The zero-order chi connectivity index (χ0) is 15.9. The number of nitrogens with zero attached hydrogens (tertiary/aromatic N) is 2. The fraction of sp³-hybridized carbons (Fsp3) is 0.375. The summed E-state index contributed by atoms with van der Waals surface area (Å²) >= 11 is 0. The Hall–Kier alpha value is -2.34. The lowest BCUT2D eigenvalue weighted by Crippen LogP contribution is -2.26. The lowest BCUT2D eigenvalue weighted by Gasteiger charge is -2.17. The largest absolute Gasteiger partial charge is 0.491 e. The number of amides is 1. The van der Waals surface area contributed by atoms with E-state index >= 15 is 0 Å². The highest BCUT2D eigenvalue weighted by molar-refractivity contribution is 5.94. The molecule has 0 aliphatic carbocycles. The van der Waals surface area contributed by atoms with Crippen molar-refractivity contribution in [3.8, 4) is 5.75 Å². The van der Waals surface area contributed by atoms with Crippen LogP contribution >= 0.6 is 0 Å². The Balaban J connectivity index is 2.02. The van der Waals surface area contributed by atoms with Crippen molar-refractivity contribution < 1.29 is 14.3 Å². The molecular weight excluding hydrogens is 282 g/mol. The zero-order valence-electron chi connectivity index (χ0n) is 13.1. The van der Waals surface area contributed by atoms with Gasteiger partial charge < -0.3 is 14.4 Å². The van der Waals surface area contributed by atoms with E-state index in [0.717, 1.165) is 11.3 Å². The summed E-state index contributed by atoms with van der Waals surface area (Å²) in [5, 5.41) is 6.84. The second kappa shape index (κ2) is 7.61. The van der Waals surface area contributed by atoms with E-state index in [1.807, 2.05) is 19.1 Å². The monoisotopic (exact) mass is 303 g/mol. The van der Waals surface area contributed by atoms with Crippen LogP contribution in [0.4, 0.5) is 0 Å². The number of hydrogen-bond donors (Lipinski definition) is 1. The number of H-pyrrole nitrogens is 1. The van der Waals surface area contributed by atoms with Gasteiger partial charge in [0.05, 0.1) is 12.8 Å². The van der Waals surface area contributed by atoms with Gasteiger partial charge >= 0.3 is 0 Å². The van der Waals surface area contributed by atoms with Gasteiger partial charge in [-0.3, -0.25) is 9.89 Å². The number of aromatic nitrogens is 2. The first-order chi connectivity index (χ1) is 10.6. The minimum atomic E-state index is -0.0576. The van der Waals surface area contributed by atoms with Gasteiger partial charge in [-0.2, -0.15) is 5.10 Å². The highest BCUT2D eigenvalue weighted by atomic mass is 16.5. The minimum absolute atomic E-state index is 0.0576. The van der Waals surface area contributed by atoms with Gasteiger partial charge in [-0.15, -0.1) is 0 Å². The molecule has 0 aliphatic rings. The topological polar surface area (TPSA) is 67.5 Å². The summed E-state index contributed by atoms with van der Waals surface area (Å²) < 4.78 is 10.5. The number of rotatable bonds is 7. The lowest BCUT2D eigenvalue weighted by atomic mass is 10.1. The molecule has 0 unspecified atom stereocenters. The highest BCUT2D eigenvalue weighted by Crippen LogP contribution is 2.16. The average molecular weight is 303 g/mol. The summed E-state index contributed by atoms with van der Waals surface area (Å²) in [4.78, 5) is 14.1. The van der Waals surface area contributed by atoms with E-state index in [9.17, 15) is 4.79 Å². The van der Waals surface area contributed by atoms with Crippen molar-refractivity contribution >= 4 is 5.91 Å². The molecule has 0 fully saturated rings. The Morgan fingerprint density at radius 2 is 2.18 bits per heavy atom. The van der Waals surface area contributed by atoms with Gasteiger partial charge in [0.15, 0.2) is 0 Å². The summed E-state index contributed by atoms with van der Waals surface area (Å²) in [5.41, 5.74) is 2.57. The van der Waals surface area contributed by atoms with Crippen molar-refractivity contribution in [2.45, 2.75) is 13.5 Å². The third-order valence-electron chi connectivity index (χ3n) is 3.33. The molecule has 1 heterocycles. The molecule has 22 heavy (non-hydrogen) atoms. The molecule has 0 atom stereocenters. The van der Waals surface area contributed by atoms with Crippen LogP contribution in [0.25, 0.3) is 0 Å². The molecule has 0 spiro atoms. The van der Waals surface area contributed by atoms with E-state index in [4.69, 9.17) is 9.47 Å². The first kappa shape index (κ1) is 16.0. The van der Waals surface area contributed by atoms with Gasteiger partial charge in [-0.05, 0) is 25.1 Å². The van der Waals surface area contributed by atoms with Crippen molar-refractivity contribution in [3.05, 3.63) is 47.3 Å². The first-order valence-corrected chi connectivity index (χ1v) is 7.08. The minimum Gasteiger partial charge on any atom is -0.491 e. The quantitative estimate of drug-likeness (QED) is 0.795. The SMILES string of the molecule is COCCOc1cccc(C(=O)N(C)Cc2cn[nH]c2C)c1. The molecule has 6 heteroatoms. The number of nitrogens with one attached hydrogen (secondary N) is 1. The van der Waals surface area contributed by atoms with Crippen molar-refractivity contribution in [2.75, 3.05) is 27.4 Å². The third kappa shape index (κ3) is 4.08. The molecule has 1 aromatic heterocycles. The number of ether oxygens (including phenoxy) is 2. The van der Waals surface area contributed by atoms with E-state index in [-0.39, 0.29) is 5.91 Å². The van der Waals surface area contributed by atoms with Gasteiger partial charge in [0.2, 0.25) is 0 Å². The number of aryl methyl sites for hydroxylation is 1. The van der Waals surface area contributed by atoms with Gasteiger partial charge in [-0.25, -0.2) is 0 Å². The predicted molar refractivity (Wildman–Crippen MR) is 82.9 cm³/mol. The second-order valence-electron chi connectivity index (χ2n) is 5.05. The number of carbonyl (C=O) groups is 1. The molecule has 0 aliphatic heterocycles. The summed E-state index contributed by atoms with van der Waals surface area (Å²) in [6.45, 7) is 3.41. The normalized spacial score (nSPS) is 10.5. The van der Waals surface area contributed by atoms with Crippen molar-refractivity contribution in [1.29, 1.82) is 0 Å². The predicted octanol–water partition coefficient (Wildman–Crippen LogP) is 2.02. The Morgan fingerprint density at radius 3 is 2.86 bits per heavy atom. The number of aromatic amines is 1. The van der Waals surface area contributed by atoms with Crippen LogP contribution in [0.2, 0.25) is 0 Å². The van der Waals surface area contributed by atoms with Crippen LogP contribution in [-0.2, 0) is 11.3 Å². The Morgan fingerprint density at radius 1 is 1.36 bits per heavy atom. The van der Waals surface area contributed by atoms with Crippen LogP contribution in [0.1, 0.15) is 21.6 Å². The van der Waals surface area contributed by atoms with E-state index in [2.05, 4.69) is 10.2 Å². The summed E-state index contributed by atoms with van der Waals surface area (Å²) in [5.74, 6) is 0.605. The average Bonchev–Trinajstić information content (AvgIpc) is 2.92. The summed E-state index contributed by atoms with van der Waals surface area (Å²) in [6, 6.07) is 7.17. The summed E-state index contributed by atoms with van der Waals surface area (Å²) in [7, 11) is 3.39. The van der Waals surface area contributed by atoms with E-state index in [1.165, 1.54) is 0 Å². The third-order valence-corrected chi connectivity index (χ3v) is 3.33.